The Labute approximate surface area is 117 Å². The number of pyridine rings is 1. The third-order valence-corrected chi connectivity index (χ3v) is 2.73. The van der Waals surface area contributed by atoms with Crippen LogP contribution >= 0.6 is 0 Å². The number of rotatable bonds is 5. The van der Waals surface area contributed by atoms with Crippen molar-refractivity contribution in [2.45, 2.75) is 26.7 Å². The first kappa shape index (κ1) is 13.9. The zero-order valence-corrected chi connectivity index (χ0v) is 11.6. The van der Waals surface area contributed by atoms with Crippen molar-refractivity contribution in [1.29, 1.82) is 0 Å². The van der Waals surface area contributed by atoms with Gasteiger partial charge >= 0.3 is 0 Å². The zero-order valence-electron chi connectivity index (χ0n) is 11.6. The van der Waals surface area contributed by atoms with Crippen molar-refractivity contribution in [3.8, 4) is 0 Å². The van der Waals surface area contributed by atoms with Gasteiger partial charge in [0, 0.05) is 5.69 Å². The normalized spacial score (nSPS) is 10.3. The number of carbonyl (C=O) groups is 1. The Bertz CT molecular complexity index is 627. The highest BCUT2D eigenvalue weighted by Gasteiger charge is 2.12. The van der Waals surface area contributed by atoms with Gasteiger partial charge in [-0.2, -0.15) is 5.10 Å². The molecule has 0 saturated heterocycles. The van der Waals surface area contributed by atoms with E-state index >= 15 is 0 Å². The Morgan fingerprint density at radius 2 is 2.15 bits per heavy atom. The lowest BCUT2D eigenvalue weighted by Crippen LogP contribution is -2.16. The summed E-state index contributed by atoms with van der Waals surface area (Å²) < 4.78 is 0. The lowest BCUT2D eigenvalue weighted by molar-refractivity contribution is 0.0995. The van der Waals surface area contributed by atoms with Crippen molar-refractivity contribution < 1.29 is 4.79 Å². The van der Waals surface area contributed by atoms with Crippen molar-refractivity contribution in [3.05, 3.63) is 41.3 Å². The topological polar surface area (TPSA) is 93.8 Å². The maximum absolute atomic E-state index is 11.4. The summed E-state index contributed by atoms with van der Waals surface area (Å²) in [5.74, 6) is 0.0376. The molecule has 0 unspecified atom stereocenters. The quantitative estimate of drug-likeness (QED) is 0.867. The minimum atomic E-state index is -0.621. The second kappa shape index (κ2) is 6.10. The molecule has 2 rings (SSSR count). The number of nitrogens with two attached hydrogens (primary N) is 1. The standard InChI is InChI=1S/C14H17N5O/c1-3-5-10-6-4-7-12(16-10)17-11-8-9(2)18-19-13(11)14(15)20/h4,6-8H,3,5H2,1-2H3,(H2,15,20)(H,16,17,18). The molecule has 0 spiro atoms. The Morgan fingerprint density at radius 3 is 2.85 bits per heavy atom. The van der Waals surface area contributed by atoms with E-state index in [2.05, 4.69) is 27.4 Å². The minimum Gasteiger partial charge on any atom is -0.364 e. The van der Waals surface area contributed by atoms with E-state index in [1.807, 2.05) is 18.2 Å². The Morgan fingerprint density at radius 1 is 1.35 bits per heavy atom. The van der Waals surface area contributed by atoms with Crippen molar-refractivity contribution >= 4 is 17.4 Å². The van der Waals surface area contributed by atoms with E-state index in [4.69, 9.17) is 5.73 Å². The molecule has 2 heterocycles. The van der Waals surface area contributed by atoms with Gasteiger partial charge in [0.25, 0.3) is 5.91 Å². The molecular weight excluding hydrogens is 254 g/mol. The number of carbonyl (C=O) groups excluding carboxylic acids is 1. The fraction of sp³-hybridized carbons (Fsp3) is 0.286. The highest BCUT2D eigenvalue weighted by molar-refractivity contribution is 5.96. The van der Waals surface area contributed by atoms with Crippen molar-refractivity contribution in [2.24, 2.45) is 5.73 Å². The number of hydrogen-bond acceptors (Lipinski definition) is 5. The second-order valence-electron chi connectivity index (χ2n) is 4.50. The van der Waals surface area contributed by atoms with Gasteiger partial charge in [-0.1, -0.05) is 19.4 Å². The van der Waals surface area contributed by atoms with Crippen molar-refractivity contribution in [3.63, 3.8) is 0 Å². The van der Waals surface area contributed by atoms with Crippen LogP contribution < -0.4 is 11.1 Å². The van der Waals surface area contributed by atoms with Gasteiger partial charge in [-0.25, -0.2) is 4.98 Å². The third kappa shape index (κ3) is 3.28. The fourth-order valence-corrected chi connectivity index (χ4v) is 1.85. The molecule has 6 heteroatoms. The van der Waals surface area contributed by atoms with Gasteiger partial charge in [0.15, 0.2) is 5.69 Å². The average Bonchev–Trinajstić information content (AvgIpc) is 2.39. The van der Waals surface area contributed by atoms with Crippen LogP contribution in [0.1, 0.15) is 35.2 Å². The van der Waals surface area contributed by atoms with Gasteiger partial charge in [-0.15, -0.1) is 5.10 Å². The second-order valence-corrected chi connectivity index (χ2v) is 4.50. The van der Waals surface area contributed by atoms with Gasteiger partial charge < -0.3 is 11.1 Å². The molecule has 0 aliphatic heterocycles. The Kier molecular flexibility index (Phi) is 4.24. The van der Waals surface area contributed by atoms with E-state index in [0.29, 0.717) is 17.2 Å². The minimum absolute atomic E-state index is 0.110. The molecule has 1 amide bonds. The summed E-state index contributed by atoms with van der Waals surface area (Å²) in [5.41, 5.74) is 7.62. The lowest BCUT2D eigenvalue weighted by Gasteiger charge is -2.09. The monoisotopic (exact) mass is 271 g/mol. The molecule has 3 N–H and O–H groups in total. The van der Waals surface area contributed by atoms with Gasteiger partial charge in [0.05, 0.1) is 11.4 Å². The number of nitrogens with zero attached hydrogens (tertiary/aromatic N) is 3. The summed E-state index contributed by atoms with van der Waals surface area (Å²) in [6.07, 6.45) is 1.94. The largest absolute Gasteiger partial charge is 0.364 e. The molecule has 0 aromatic carbocycles. The summed E-state index contributed by atoms with van der Waals surface area (Å²) in [4.78, 5) is 15.8. The molecule has 0 aliphatic carbocycles. The highest BCUT2D eigenvalue weighted by Crippen LogP contribution is 2.18. The lowest BCUT2D eigenvalue weighted by atomic mass is 10.2. The van der Waals surface area contributed by atoms with Crippen LogP contribution in [0.3, 0.4) is 0 Å². The van der Waals surface area contributed by atoms with Crippen LogP contribution in [0.2, 0.25) is 0 Å². The Hall–Kier alpha value is -2.50. The predicted octanol–water partition coefficient (Wildman–Crippen LogP) is 1.98. The summed E-state index contributed by atoms with van der Waals surface area (Å²) in [6, 6.07) is 7.45. The molecule has 0 fully saturated rings. The van der Waals surface area contributed by atoms with E-state index in [1.54, 1.807) is 13.0 Å². The molecule has 0 aliphatic rings. The van der Waals surface area contributed by atoms with Crippen molar-refractivity contribution in [1.82, 2.24) is 15.2 Å². The van der Waals surface area contributed by atoms with E-state index in [-0.39, 0.29) is 5.69 Å². The molecule has 104 valence electrons. The molecule has 20 heavy (non-hydrogen) atoms. The van der Waals surface area contributed by atoms with E-state index < -0.39 is 5.91 Å². The van der Waals surface area contributed by atoms with E-state index in [0.717, 1.165) is 18.5 Å². The average molecular weight is 271 g/mol. The molecule has 0 bridgehead atoms. The van der Waals surface area contributed by atoms with Gasteiger partial charge in [0.1, 0.15) is 5.82 Å². The number of aryl methyl sites for hydroxylation is 2. The van der Waals surface area contributed by atoms with E-state index in [1.165, 1.54) is 0 Å². The molecule has 2 aromatic rings. The maximum Gasteiger partial charge on any atom is 0.271 e. The maximum atomic E-state index is 11.4. The first-order chi connectivity index (χ1) is 9.60. The molecule has 2 aromatic heterocycles. The van der Waals surface area contributed by atoms with Crippen LogP contribution in [-0.4, -0.2) is 21.1 Å². The van der Waals surface area contributed by atoms with Crippen LogP contribution in [0.25, 0.3) is 0 Å². The van der Waals surface area contributed by atoms with Crippen LogP contribution in [0, 0.1) is 6.92 Å². The van der Waals surface area contributed by atoms with Crippen LogP contribution in [-0.2, 0) is 6.42 Å². The number of amides is 1. The number of anilines is 2. The smallest absolute Gasteiger partial charge is 0.271 e. The fourth-order valence-electron chi connectivity index (χ4n) is 1.85. The first-order valence-corrected chi connectivity index (χ1v) is 6.47. The number of hydrogen-bond donors (Lipinski definition) is 2. The van der Waals surface area contributed by atoms with E-state index in [9.17, 15) is 4.79 Å². The summed E-state index contributed by atoms with van der Waals surface area (Å²) in [7, 11) is 0. The van der Waals surface area contributed by atoms with Crippen LogP contribution in [0.5, 0.6) is 0 Å². The summed E-state index contributed by atoms with van der Waals surface area (Å²) in [5, 5.41) is 10.7. The van der Waals surface area contributed by atoms with Crippen LogP contribution in [0.4, 0.5) is 11.5 Å². The molecule has 0 radical (unpaired) electrons. The van der Waals surface area contributed by atoms with Gasteiger partial charge in [-0.3, -0.25) is 4.79 Å². The first-order valence-electron chi connectivity index (χ1n) is 6.47. The highest BCUT2D eigenvalue weighted by atomic mass is 16.1. The van der Waals surface area contributed by atoms with Gasteiger partial charge in [-0.05, 0) is 31.5 Å². The summed E-state index contributed by atoms with van der Waals surface area (Å²) in [6.45, 7) is 3.90. The number of nitrogens with one attached hydrogen (secondary N) is 1. The molecule has 0 saturated carbocycles. The SMILES string of the molecule is CCCc1cccc(Nc2cc(C)nnc2C(N)=O)n1. The van der Waals surface area contributed by atoms with Gasteiger partial charge in [0.2, 0.25) is 0 Å². The summed E-state index contributed by atoms with van der Waals surface area (Å²) >= 11 is 0. The number of primary amides is 1. The zero-order chi connectivity index (χ0) is 14.5. The third-order valence-electron chi connectivity index (χ3n) is 2.73. The molecule has 6 nitrogen and oxygen atoms in total. The number of aromatic nitrogens is 3. The molecule has 0 atom stereocenters. The predicted molar refractivity (Wildman–Crippen MR) is 76.8 cm³/mol. The van der Waals surface area contributed by atoms with Crippen LogP contribution in [0.15, 0.2) is 24.3 Å². The molecular formula is C14H17N5O. The van der Waals surface area contributed by atoms with Crippen molar-refractivity contribution in [2.75, 3.05) is 5.32 Å². The Balaban J connectivity index is 2.31.